The lowest BCUT2D eigenvalue weighted by Gasteiger charge is -2.09. The van der Waals surface area contributed by atoms with Crippen LogP contribution in [0.3, 0.4) is 0 Å². The Bertz CT molecular complexity index is 276. The molecule has 64 valence electrons. The Kier molecular flexibility index (Phi) is 1.89. The van der Waals surface area contributed by atoms with Crippen LogP contribution in [-0.2, 0) is 0 Å². The Morgan fingerprint density at radius 2 is 2.17 bits per heavy atom. The van der Waals surface area contributed by atoms with Gasteiger partial charge in [0.05, 0.1) is 6.10 Å². The highest BCUT2D eigenvalue weighted by Crippen LogP contribution is 2.40. The molecule has 1 saturated carbocycles. The summed E-state index contributed by atoms with van der Waals surface area (Å²) >= 11 is 0. The summed E-state index contributed by atoms with van der Waals surface area (Å²) in [6.45, 7) is 2.06. The maximum absolute atomic E-state index is 9.78. The summed E-state index contributed by atoms with van der Waals surface area (Å²) in [5, 5.41) is 9.78. The fraction of sp³-hybridized carbons (Fsp3) is 0.455. The minimum absolute atomic E-state index is 0.218. The fourth-order valence-corrected chi connectivity index (χ4v) is 1.54. The monoisotopic (exact) mass is 162 g/mol. The van der Waals surface area contributed by atoms with E-state index in [2.05, 4.69) is 19.1 Å². The SMILES string of the molecule is Cc1cccc(C(O)C2CC2)c1. The van der Waals surface area contributed by atoms with Crippen LogP contribution in [0.25, 0.3) is 0 Å². The molecule has 1 fully saturated rings. The number of aliphatic hydroxyl groups excluding tert-OH is 1. The van der Waals surface area contributed by atoms with Crippen LogP contribution < -0.4 is 0 Å². The Morgan fingerprint density at radius 1 is 1.42 bits per heavy atom. The van der Waals surface area contributed by atoms with Crippen molar-refractivity contribution in [2.75, 3.05) is 0 Å². The van der Waals surface area contributed by atoms with Crippen molar-refractivity contribution in [1.29, 1.82) is 0 Å². The van der Waals surface area contributed by atoms with Gasteiger partial charge in [-0.3, -0.25) is 0 Å². The summed E-state index contributed by atoms with van der Waals surface area (Å²) in [5.74, 6) is 0.534. The van der Waals surface area contributed by atoms with Crippen molar-refractivity contribution in [2.45, 2.75) is 25.9 Å². The zero-order valence-corrected chi connectivity index (χ0v) is 7.33. The van der Waals surface area contributed by atoms with E-state index in [0.717, 1.165) is 5.56 Å². The van der Waals surface area contributed by atoms with Crippen molar-refractivity contribution in [2.24, 2.45) is 5.92 Å². The summed E-state index contributed by atoms with van der Waals surface area (Å²) < 4.78 is 0. The lowest BCUT2D eigenvalue weighted by molar-refractivity contribution is 0.154. The van der Waals surface area contributed by atoms with Crippen LogP contribution in [0.4, 0.5) is 0 Å². The predicted molar refractivity (Wildman–Crippen MR) is 48.9 cm³/mol. The molecule has 1 unspecified atom stereocenters. The molecule has 1 aliphatic carbocycles. The zero-order valence-electron chi connectivity index (χ0n) is 7.33. The minimum atomic E-state index is -0.218. The average Bonchev–Trinajstić information content (AvgIpc) is 2.85. The van der Waals surface area contributed by atoms with Gasteiger partial charge in [0.1, 0.15) is 0 Å². The van der Waals surface area contributed by atoms with E-state index in [9.17, 15) is 5.11 Å². The Balaban J connectivity index is 2.20. The first-order valence-corrected chi connectivity index (χ1v) is 4.52. The molecule has 1 nitrogen and oxygen atoms in total. The van der Waals surface area contributed by atoms with Crippen LogP contribution in [0.5, 0.6) is 0 Å². The van der Waals surface area contributed by atoms with Crippen LogP contribution >= 0.6 is 0 Å². The number of rotatable bonds is 2. The van der Waals surface area contributed by atoms with E-state index in [-0.39, 0.29) is 6.10 Å². The second-order valence-electron chi connectivity index (χ2n) is 3.70. The largest absolute Gasteiger partial charge is 0.388 e. The molecule has 1 atom stereocenters. The first kappa shape index (κ1) is 7.81. The van der Waals surface area contributed by atoms with E-state index >= 15 is 0 Å². The van der Waals surface area contributed by atoms with Gasteiger partial charge >= 0.3 is 0 Å². The first-order valence-electron chi connectivity index (χ1n) is 4.52. The number of aliphatic hydroxyl groups is 1. The molecular formula is C11H14O. The molecule has 0 radical (unpaired) electrons. The smallest absolute Gasteiger partial charge is 0.0818 e. The van der Waals surface area contributed by atoms with Crippen LogP contribution in [0, 0.1) is 12.8 Å². The summed E-state index contributed by atoms with van der Waals surface area (Å²) in [6.07, 6.45) is 2.16. The van der Waals surface area contributed by atoms with E-state index in [1.165, 1.54) is 18.4 Å². The Hall–Kier alpha value is -0.820. The lowest BCUT2D eigenvalue weighted by atomic mass is 10.0. The molecule has 1 aliphatic rings. The van der Waals surface area contributed by atoms with E-state index in [4.69, 9.17) is 0 Å². The number of hydrogen-bond donors (Lipinski definition) is 1. The van der Waals surface area contributed by atoms with Gasteiger partial charge in [0, 0.05) is 0 Å². The quantitative estimate of drug-likeness (QED) is 0.708. The third kappa shape index (κ3) is 1.51. The summed E-state index contributed by atoms with van der Waals surface area (Å²) in [5.41, 5.74) is 2.31. The molecule has 1 aromatic carbocycles. The summed E-state index contributed by atoms with van der Waals surface area (Å²) in [7, 11) is 0. The molecule has 1 aromatic rings. The lowest BCUT2D eigenvalue weighted by Crippen LogP contribution is -1.99. The first-order chi connectivity index (χ1) is 5.77. The second kappa shape index (κ2) is 2.91. The number of hydrogen-bond acceptors (Lipinski definition) is 1. The number of aryl methyl sites for hydroxylation is 1. The normalized spacial score (nSPS) is 19.2. The molecule has 0 amide bonds. The molecule has 0 aromatic heterocycles. The van der Waals surface area contributed by atoms with Crippen molar-refractivity contribution >= 4 is 0 Å². The predicted octanol–water partition coefficient (Wildman–Crippen LogP) is 2.44. The van der Waals surface area contributed by atoms with Crippen molar-refractivity contribution in [1.82, 2.24) is 0 Å². The second-order valence-corrected chi connectivity index (χ2v) is 3.70. The Morgan fingerprint density at radius 3 is 2.75 bits per heavy atom. The zero-order chi connectivity index (χ0) is 8.55. The third-order valence-corrected chi connectivity index (χ3v) is 2.45. The summed E-state index contributed by atoms with van der Waals surface area (Å²) in [6, 6.07) is 8.15. The third-order valence-electron chi connectivity index (χ3n) is 2.45. The topological polar surface area (TPSA) is 20.2 Å². The van der Waals surface area contributed by atoms with E-state index in [1.54, 1.807) is 0 Å². The van der Waals surface area contributed by atoms with Gasteiger partial charge in [-0.2, -0.15) is 0 Å². The molecule has 0 aliphatic heterocycles. The van der Waals surface area contributed by atoms with Gasteiger partial charge in [0.25, 0.3) is 0 Å². The van der Waals surface area contributed by atoms with Gasteiger partial charge in [-0.05, 0) is 31.2 Å². The highest BCUT2D eigenvalue weighted by molar-refractivity contribution is 5.25. The van der Waals surface area contributed by atoms with Crippen LogP contribution in [0.2, 0.25) is 0 Å². The van der Waals surface area contributed by atoms with E-state index < -0.39 is 0 Å². The van der Waals surface area contributed by atoms with E-state index in [0.29, 0.717) is 5.92 Å². The molecule has 0 heterocycles. The van der Waals surface area contributed by atoms with Gasteiger partial charge in [-0.15, -0.1) is 0 Å². The highest BCUT2D eigenvalue weighted by Gasteiger charge is 2.30. The molecule has 0 spiro atoms. The van der Waals surface area contributed by atoms with E-state index in [1.807, 2.05) is 12.1 Å². The summed E-state index contributed by atoms with van der Waals surface area (Å²) in [4.78, 5) is 0. The molecule has 2 rings (SSSR count). The van der Waals surface area contributed by atoms with Gasteiger partial charge in [0.15, 0.2) is 0 Å². The minimum Gasteiger partial charge on any atom is -0.388 e. The Labute approximate surface area is 73.0 Å². The van der Waals surface area contributed by atoms with Gasteiger partial charge in [0.2, 0.25) is 0 Å². The molecule has 1 heteroatoms. The van der Waals surface area contributed by atoms with Gasteiger partial charge in [-0.25, -0.2) is 0 Å². The maximum atomic E-state index is 9.78. The molecule has 12 heavy (non-hydrogen) atoms. The molecule has 1 N–H and O–H groups in total. The van der Waals surface area contributed by atoms with Crippen molar-refractivity contribution < 1.29 is 5.11 Å². The maximum Gasteiger partial charge on any atom is 0.0818 e. The standard InChI is InChI=1S/C11H14O/c1-8-3-2-4-10(7-8)11(12)9-5-6-9/h2-4,7,9,11-12H,5-6H2,1H3. The van der Waals surface area contributed by atoms with Crippen LogP contribution in [0.1, 0.15) is 30.1 Å². The van der Waals surface area contributed by atoms with Crippen molar-refractivity contribution in [3.63, 3.8) is 0 Å². The fourth-order valence-electron chi connectivity index (χ4n) is 1.54. The molecular weight excluding hydrogens is 148 g/mol. The van der Waals surface area contributed by atoms with Gasteiger partial charge in [-0.1, -0.05) is 29.8 Å². The van der Waals surface area contributed by atoms with Crippen LogP contribution in [0.15, 0.2) is 24.3 Å². The van der Waals surface area contributed by atoms with Crippen molar-refractivity contribution in [3.05, 3.63) is 35.4 Å². The van der Waals surface area contributed by atoms with Crippen molar-refractivity contribution in [3.8, 4) is 0 Å². The average molecular weight is 162 g/mol. The van der Waals surface area contributed by atoms with Crippen LogP contribution in [-0.4, -0.2) is 5.11 Å². The molecule has 0 bridgehead atoms. The van der Waals surface area contributed by atoms with Gasteiger partial charge < -0.3 is 5.11 Å². The highest BCUT2D eigenvalue weighted by atomic mass is 16.3. The number of benzene rings is 1. The molecule has 0 saturated heterocycles.